The number of para-hydroxylation sites is 1. The fourth-order valence-corrected chi connectivity index (χ4v) is 3.44. The first kappa shape index (κ1) is 26.3. The first-order chi connectivity index (χ1) is 15.8. The smallest absolute Gasteiger partial charge is 0.409 e. The lowest BCUT2D eigenvalue weighted by Crippen LogP contribution is -2.38. The number of nitrogens with zero attached hydrogens (tertiary/aromatic N) is 2. The summed E-state index contributed by atoms with van der Waals surface area (Å²) in [6, 6.07) is 10.3. The molecule has 0 radical (unpaired) electrons. The fraction of sp³-hybridized carbons (Fsp3) is 0.333. The summed E-state index contributed by atoms with van der Waals surface area (Å²) in [5.41, 5.74) is 1.50. The summed E-state index contributed by atoms with van der Waals surface area (Å²) in [6.07, 6.45) is -0.594. The first-order valence-electron chi connectivity index (χ1n) is 9.78. The second-order valence-corrected chi connectivity index (χ2v) is 7.82. The van der Waals surface area contributed by atoms with E-state index in [1.54, 1.807) is 30.3 Å². The van der Waals surface area contributed by atoms with Crippen molar-refractivity contribution >= 4 is 23.9 Å². The zero-order chi connectivity index (χ0) is 24.2. The minimum absolute atomic E-state index is 0.0843. The lowest BCUT2D eigenvalue weighted by Gasteiger charge is -2.24. The van der Waals surface area contributed by atoms with Gasteiger partial charge < -0.3 is 19.1 Å². The lowest BCUT2D eigenvalue weighted by molar-refractivity contribution is -0.129. The SMILES string of the molecule is COCCOC(=O)N(C)CCN(CC(=O)NO)Sc1cc(F)c(Oc2ccccc2)c(F)c1. The summed E-state index contributed by atoms with van der Waals surface area (Å²) in [6.45, 7) is 0.288. The van der Waals surface area contributed by atoms with E-state index in [1.165, 1.54) is 28.8 Å². The van der Waals surface area contributed by atoms with Crippen molar-refractivity contribution in [2.75, 3.05) is 47.0 Å². The van der Waals surface area contributed by atoms with Gasteiger partial charge in [0.05, 0.1) is 13.2 Å². The van der Waals surface area contributed by atoms with Crippen molar-refractivity contribution in [3.8, 4) is 11.5 Å². The number of carbonyl (C=O) groups excluding carboxylic acids is 2. The Hall–Kier alpha value is -2.93. The van der Waals surface area contributed by atoms with Gasteiger partial charge in [-0.05, 0) is 36.2 Å². The van der Waals surface area contributed by atoms with Gasteiger partial charge in [-0.15, -0.1) is 0 Å². The molecule has 0 aliphatic rings. The summed E-state index contributed by atoms with van der Waals surface area (Å²) in [5.74, 6) is -2.86. The Balaban J connectivity index is 2.06. The summed E-state index contributed by atoms with van der Waals surface area (Å²) in [7, 11) is 2.98. The number of carbonyl (C=O) groups is 2. The van der Waals surface area contributed by atoms with Crippen molar-refractivity contribution in [2.45, 2.75) is 4.90 Å². The average Bonchev–Trinajstić information content (AvgIpc) is 2.80. The van der Waals surface area contributed by atoms with Gasteiger partial charge in [-0.3, -0.25) is 10.0 Å². The molecule has 2 aromatic rings. The standard InChI is InChI=1S/C21H25F2N3O6S/c1-25(21(28)31-11-10-30-2)8-9-26(14-19(27)24-29)33-16-12-17(22)20(18(23)13-16)32-15-6-4-3-5-7-15/h3-7,12-13,29H,8-11,14H2,1-2H3,(H,24,27). The third kappa shape index (κ3) is 8.85. The number of rotatable bonds is 12. The summed E-state index contributed by atoms with van der Waals surface area (Å²) >= 11 is 0.878. The predicted octanol–water partition coefficient (Wildman–Crippen LogP) is 3.29. The molecule has 0 aliphatic heterocycles. The molecule has 0 spiro atoms. The number of hydrogen-bond donors (Lipinski definition) is 2. The summed E-state index contributed by atoms with van der Waals surface area (Å²) < 4.78 is 45.6. The van der Waals surface area contributed by atoms with Gasteiger partial charge >= 0.3 is 6.09 Å². The molecule has 2 amide bonds. The Morgan fingerprint density at radius 2 is 1.76 bits per heavy atom. The van der Waals surface area contributed by atoms with Crippen molar-refractivity contribution in [1.82, 2.24) is 14.7 Å². The third-order valence-electron chi connectivity index (χ3n) is 4.12. The molecule has 2 rings (SSSR count). The predicted molar refractivity (Wildman–Crippen MR) is 116 cm³/mol. The van der Waals surface area contributed by atoms with E-state index in [9.17, 15) is 18.4 Å². The third-order valence-corrected chi connectivity index (χ3v) is 5.14. The normalized spacial score (nSPS) is 10.7. The molecule has 0 bridgehead atoms. The fourth-order valence-electron chi connectivity index (χ4n) is 2.47. The average molecular weight is 486 g/mol. The van der Waals surface area contributed by atoms with Gasteiger partial charge in [0, 0.05) is 32.1 Å². The number of hydroxylamine groups is 1. The number of likely N-dealkylation sites (N-methyl/N-ethyl adjacent to an activating group) is 1. The number of methoxy groups -OCH3 is 1. The first-order valence-corrected chi connectivity index (χ1v) is 10.6. The number of nitrogens with one attached hydrogen (secondary N) is 1. The minimum Gasteiger partial charge on any atom is -0.451 e. The van der Waals surface area contributed by atoms with Crippen LogP contribution in [0.5, 0.6) is 11.5 Å². The van der Waals surface area contributed by atoms with Gasteiger partial charge in [0.1, 0.15) is 12.4 Å². The Kier molecular flexibility index (Phi) is 10.8. The van der Waals surface area contributed by atoms with Crippen LogP contribution in [0.2, 0.25) is 0 Å². The molecule has 2 aromatic carbocycles. The van der Waals surface area contributed by atoms with Crippen molar-refractivity contribution < 1.29 is 37.8 Å². The van der Waals surface area contributed by atoms with E-state index in [0.717, 1.165) is 24.1 Å². The van der Waals surface area contributed by atoms with E-state index >= 15 is 0 Å². The molecule has 0 saturated carbocycles. The molecular weight excluding hydrogens is 460 g/mol. The van der Waals surface area contributed by atoms with E-state index in [0.29, 0.717) is 0 Å². The van der Waals surface area contributed by atoms with Gasteiger partial charge in [0.15, 0.2) is 17.4 Å². The highest BCUT2D eigenvalue weighted by atomic mass is 32.2. The van der Waals surface area contributed by atoms with E-state index in [2.05, 4.69) is 0 Å². The van der Waals surface area contributed by atoms with Crippen LogP contribution in [0.15, 0.2) is 47.4 Å². The van der Waals surface area contributed by atoms with E-state index in [-0.39, 0.29) is 43.5 Å². The van der Waals surface area contributed by atoms with Gasteiger partial charge in [-0.25, -0.2) is 23.4 Å². The quantitative estimate of drug-likeness (QED) is 0.205. The lowest BCUT2D eigenvalue weighted by atomic mass is 10.3. The van der Waals surface area contributed by atoms with Crippen LogP contribution in [0, 0.1) is 11.6 Å². The van der Waals surface area contributed by atoms with Crippen molar-refractivity contribution in [1.29, 1.82) is 0 Å². The monoisotopic (exact) mass is 485 g/mol. The molecule has 0 saturated heterocycles. The highest BCUT2D eigenvalue weighted by Gasteiger charge is 2.19. The van der Waals surface area contributed by atoms with Gasteiger partial charge in [-0.2, -0.15) is 0 Å². The zero-order valence-corrected chi connectivity index (χ0v) is 18.9. The second-order valence-electron chi connectivity index (χ2n) is 6.65. The molecule has 180 valence electrons. The van der Waals surface area contributed by atoms with Crippen molar-refractivity contribution in [3.05, 3.63) is 54.1 Å². The topological polar surface area (TPSA) is 101 Å². The molecular formula is C21H25F2N3O6S. The summed E-state index contributed by atoms with van der Waals surface area (Å²) in [4.78, 5) is 25.0. The maximum absolute atomic E-state index is 14.5. The largest absolute Gasteiger partial charge is 0.451 e. The van der Waals surface area contributed by atoms with Gasteiger partial charge in [0.25, 0.3) is 5.91 Å². The molecule has 9 nitrogen and oxygen atoms in total. The Morgan fingerprint density at radius 1 is 1.09 bits per heavy atom. The Bertz CT molecular complexity index is 899. The van der Waals surface area contributed by atoms with Crippen LogP contribution in [-0.4, -0.2) is 73.4 Å². The number of hydrogen-bond acceptors (Lipinski definition) is 8. The molecule has 12 heteroatoms. The maximum atomic E-state index is 14.5. The molecule has 0 fully saturated rings. The molecule has 0 aromatic heterocycles. The molecule has 2 N–H and O–H groups in total. The van der Waals surface area contributed by atoms with Crippen LogP contribution in [-0.2, 0) is 14.3 Å². The van der Waals surface area contributed by atoms with Crippen molar-refractivity contribution in [2.24, 2.45) is 0 Å². The number of amides is 2. The zero-order valence-electron chi connectivity index (χ0n) is 18.1. The van der Waals surface area contributed by atoms with Gasteiger partial charge in [0.2, 0.25) is 0 Å². The summed E-state index contributed by atoms with van der Waals surface area (Å²) in [5, 5.41) is 8.83. The van der Waals surface area contributed by atoms with E-state index in [1.807, 2.05) is 0 Å². The van der Waals surface area contributed by atoms with Crippen LogP contribution in [0.25, 0.3) is 0 Å². The molecule has 33 heavy (non-hydrogen) atoms. The molecule has 0 atom stereocenters. The van der Waals surface area contributed by atoms with Crippen molar-refractivity contribution in [3.63, 3.8) is 0 Å². The Morgan fingerprint density at radius 3 is 2.36 bits per heavy atom. The second kappa shape index (κ2) is 13.6. The van der Waals surface area contributed by atoms with Crippen LogP contribution in [0.4, 0.5) is 13.6 Å². The highest BCUT2D eigenvalue weighted by Crippen LogP contribution is 2.32. The van der Waals surface area contributed by atoms with Crippen LogP contribution >= 0.6 is 11.9 Å². The molecule has 0 unspecified atom stereocenters. The molecule has 0 heterocycles. The highest BCUT2D eigenvalue weighted by molar-refractivity contribution is 7.97. The molecule has 0 aliphatic carbocycles. The number of ether oxygens (including phenoxy) is 3. The number of halogens is 2. The number of benzene rings is 2. The van der Waals surface area contributed by atoms with Gasteiger partial charge in [-0.1, -0.05) is 18.2 Å². The Labute approximate surface area is 194 Å². The maximum Gasteiger partial charge on any atom is 0.409 e. The van der Waals surface area contributed by atoms with E-state index < -0.39 is 29.4 Å². The van der Waals surface area contributed by atoms with E-state index in [4.69, 9.17) is 19.4 Å². The van der Waals surface area contributed by atoms with Crippen LogP contribution in [0.1, 0.15) is 0 Å². The van der Waals surface area contributed by atoms with Crippen LogP contribution < -0.4 is 10.2 Å². The van der Waals surface area contributed by atoms with Crippen LogP contribution in [0.3, 0.4) is 0 Å². The minimum atomic E-state index is -0.924.